The van der Waals surface area contributed by atoms with Crippen molar-refractivity contribution in [2.45, 2.75) is 32.6 Å². The molecule has 0 spiro atoms. The summed E-state index contributed by atoms with van der Waals surface area (Å²) in [5.41, 5.74) is 1.01. The van der Waals surface area contributed by atoms with Crippen molar-refractivity contribution in [1.29, 1.82) is 0 Å². The summed E-state index contributed by atoms with van der Waals surface area (Å²) in [7, 11) is 1.34. The summed E-state index contributed by atoms with van der Waals surface area (Å²) < 4.78 is 4.56. The van der Waals surface area contributed by atoms with E-state index in [4.69, 9.17) is 0 Å². The molecule has 0 aliphatic heterocycles. The monoisotopic (exact) mass is 277 g/mol. The molecule has 20 heavy (non-hydrogen) atoms. The first-order chi connectivity index (χ1) is 9.60. The number of methoxy groups -OCH3 is 1. The smallest absolute Gasteiger partial charge is 0.307 e. The molecule has 2 atom stereocenters. The van der Waals surface area contributed by atoms with Crippen molar-refractivity contribution in [3.05, 3.63) is 35.9 Å². The molecule has 110 valence electrons. The predicted octanol–water partition coefficient (Wildman–Crippen LogP) is 2.50. The van der Waals surface area contributed by atoms with E-state index in [-0.39, 0.29) is 30.1 Å². The minimum atomic E-state index is -0.315. The van der Waals surface area contributed by atoms with Gasteiger partial charge in [-0.2, -0.15) is 0 Å². The van der Waals surface area contributed by atoms with Gasteiger partial charge in [-0.3, -0.25) is 9.59 Å². The Labute approximate surface area is 120 Å². The van der Waals surface area contributed by atoms with Gasteiger partial charge in [-0.05, 0) is 11.5 Å². The third-order valence-corrected chi connectivity index (χ3v) is 3.51. The summed E-state index contributed by atoms with van der Waals surface area (Å²) in [4.78, 5) is 23.4. The van der Waals surface area contributed by atoms with Gasteiger partial charge >= 0.3 is 5.97 Å². The highest BCUT2D eigenvalue weighted by molar-refractivity contribution is 5.84. The van der Waals surface area contributed by atoms with Crippen molar-refractivity contribution in [2.75, 3.05) is 13.7 Å². The molecule has 1 aromatic carbocycles. The summed E-state index contributed by atoms with van der Waals surface area (Å²) in [5, 5.41) is 2.82. The standard InChI is InChI=1S/C16H23NO3/c1-4-12(2)15(13-8-6-5-7-9-13)16(19)17-11-10-14(18)20-3/h5-9,12,15H,4,10-11H2,1-3H3,(H,17,19). The number of ether oxygens (including phenoxy) is 1. The normalized spacial score (nSPS) is 13.3. The van der Waals surface area contributed by atoms with Crippen LogP contribution in [-0.4, -0.2) is 25.5 Å². The molecule has 0 heterocycles. The van der Waals surface area contributed by atoms with Crippen LogP contribution in [0.5, 0.6) is 0 Å². The zero-order valence-corrected chi connectivity index (χ0v) is 12.4. The van der Waals surface area contributed by atoms with E-state index >= 15 is 0 Å². The number of nitrogens with one attached hydrogen (secondary N) is 1. The Kier molecular flexibility index (Phi) is 6.77. The van der Waals surface area contributed by atoms with Crippen LogP contribution in [0, 0.1) is 5.92 Å². The topological polar surface area (TPSA) is 55.4 Å². The van der Waals surface area contributed by atoms with Crippen LogP contribution in [0.1, 0.15) is 38.2 Å². The largest absolute Gasteiger partial charge is 0.469 e. The molecule has 4 heteroatoms. The van der Waals surface area contributed by atoms with Gasteiger partial charge in [0.1, 0.15) is 0 Å². The zero-order valence-electron chi connectivity index (χ0n) is 12.4. The number of rotatable bonds is 7. The van der Waals surface area contributed by atoms with E-state index < -0.39 is 0 Å². The van der Waals surface area contributed by atoms with Crippen molar-refractivity contribution in [3.63, 3.8) is 0 Å². The molecular formula is C16H23NO3. The van der Waals surface area contributed by atoms with Crippen molar-refractivity contribution >= 4 is 11.9 Å². The first kappa shape index (κ1) is 16.2. The lowest BCUT2D eigenvalue weighted by Gasteiger charge is -2.22. The Morgan fingerprint density at radius 2 is 1.90 bits per heavy atom. The highest BCUT2D eigenvalue weighted by atomic mass is 16.5. The lowest BCUT2D eigenvalue weighted by molar-refractivity contribution is -0.140. The molecule has 1 rings (SSSR count). The molecule has 0 fully saturated rings. The van der Waals surface area contributed by atoms with Gasteiger partial charge < -0.3 is 10.1 Å². The van der Waals surface area contributed by atoms with Gasteiger partial charge in [0, 0.05) is 6.54 Å². The Morgan fingerprint density at radius 1 is 1.25 bits per heavy atom. The van der Waals surface area contributed by atoms with Crippen LogP contribution in [0.15, 0.2) is 30.3 Å². The number of esters is 1. The minimum Gasteiger partial charge on any atom is -0.469 e. The maximum atomic E-state index is 12.4. The minimum absolute atomic E-state index is 0.0329. The summed E-state index contributed by atoms with van der Waals surface area (Å²) in [6, 6.07) is 9.75. The molecule has 0 saturated carbocycles. The van der Waals surface area contributed by atoms with Crippen molar-refractivity contribution in [1.82, 2.24) is 5.32 Å². The second kappa shape index (κ2) is 8.35. The second-order valence-electron chi connectivity index (χ2n) is 4.89. The molecule has 0 aromatic heterocycles. The van der Waals surface area contributed by atoms with Gasteiger partial charge in [-0.25, -0.2) is 0 Å². The number of hydrogen-bond acceptors (Lipinski definition) is 3. The van der Waals surface area contributed by atoms with E-state index in [0.717, 1.165) is 12.0 Å². The second-order valence-corrected chi connectivity index (χ2v) is 4.89. The fourth-order valence-corrected chi connectivity index (χ4v) is 2.13. The molecule has 0 radical (unpaired) electrons. The molecule has 0 saturated heterocycles. The maximum absolute atomic E-state index is 12.4. The average Bonchev–Trinajstić information content (AvgIpc) is 2.48. The molecular weight excluding hydrogens is 254 g/mol. The molecule has 0 aliphatic rings. The van der Waals surface area contributed by atoms with Gasteiger partial charge in [0.25, 0.3) is 0 Å². The summed E-state index contributed by atoms with van der Waals surface area (Å²) >= 11 is 0. The molecule has 0 aliphatic carbocycles. The SMILES string of the molecule is CCC(C)C(C(=O)NCCC(=O)OC)c1ccccc1. The fourth-order valence-electron chi connectivity index (χ4n) is 2.13. The molecule has 1 N–H and O–H groups in total. The van der Waals surface area contributed by atoms with Crippen molar-refractivity contribution < 1.29 is 14.3 Å². The van der Waals surface area contributed by atoms with Crippen LogP contribution in [0.2, 0.25) is 0 Å². The van der Waals surface area contributed by atoms with Gasteiger partial charge in [0.2, 0.25) is 5.91 Å². The van der Waals surface area contributed by atoms with Gasteiger partial charge in [-0.15, -0.1) is 0 Å². The molecule has 0 bridgehead atoms. The van der Waals surface area contributed by atoms with Crippen molar-refractivity contribution in [3.8, 4) is 0 Å². The Balaban J connectivity index is 2.69. The van der Waals surface area contributed by atoms with E-state index in [1.807, 2.05) is 30.3 Å². The van der Waals surface area contributed by atoms with E-state index in [1.54, 1.807) is 0 Å². The van der Waals surface area contributed by atoms with Crippen LogP contribution in [0.3, 0.4) is 0 Å². The van der Waals surface area contributed by atoms with Crippen LogP contribution in [-0.2, 0) is 14.3 Å². The number of hydrogen-bond donors (Lipinski definition) is 1. The van der Waals surface area contributed by atoms with Crippen LogP contribution >= 0.6 is 0 Å². The van der Waals surface area contributed by atoms with Crippen LogP contribution < -0.4 is 5.32 Å². The Morgan fingerprint density at radius 3 is 2.45 bits per heavy atom. The number of amides is 1. The summed E-state index contributed by atoms with van der Waals surface area (Å²) in [6.45, 7) is 4.45. The quantitative estimate of drug-likeness (QED) is 0.779. The van der Waals surface area contributed by atoms with E-state index in [0.29, 0.717) is 6.54 Å². The molecule has 1 aromatic rings. The Hall–Kier alpha value is -1.84. The highest BCUT2D eigenvalue weighted by Crippen LogP contribution is 2.27. The van der Waals surface area contributed by atoms with E-state index in [2.05, 4.69) is 23.9 Å². The lowest BCUT2D eigenvalue weighted by Crippen LogP contribution is -2.34. The highest BCUT2D eigenvalue weighted by Gasteiger charge is 2.25. The first-order valence-corrected chi connectivity index (χ1v) is 6.99. The van der Waals surface area contributed by atoms with E-state index in [9.17, 15) is 9.59 Å². The zero-order chi connectivity index (χ0) is 15.0. The van der Waals surface area contributed by atoms with Crippen molar-refractivity contribution in [2.24, 2.45) is 5.92 Å². The summed E-state index contributed by atoms with van der Waals surface area (Å²) in [5.74, 6) is -0.283. The van der Waals surface area contributed by atoms with Crippen LogP contribution in [0.4, 0.5) is 0 Å². The average molecular weight is 277 g/mol. The van der Waals surface area contributed by atoms with Crippen LogP contribution in [0.25, 0.3) is 0 Å². The summed E-state index contributed by atoms with van der Waals surface area (Å²) in [6.07, 6.45) is 1.12. The lowest BCUT2D eigenvalue weighted by atomic mass is 9.85. The maximum Gasteiger partial charge on any atom is 0.307 e. The van der Waals surface area contributed by atoms with E-state index in [1.165, 1.54) is 7.11 Å². The Bertz CT molecular complexity index is 431. The first-order valence-electron chi connectivity index (χ1n) is 6.99. The molecule has 1 amide bonds. The number of carbonyl (C=O) groups excluding carboxylic acids is 2. The number of carbonyl (C=O) groups is 2. The van der Waals surface area contributed by atoms with Gasteiger partial charge in [-0.1, -0.05) is 50.6 Å². The molecule has 2 unspecified atom stereocenters. The fraction of sp³-hybridized carbons (Fsp3) is 0.500. The van der Waals surface area contributed by atoms with Gasteiger partial charge in [0.15, 0.2) is 0 Å². The molecule has 4 nitrogen and oxygen atoms in total. The third kappa shape index (κ3) is 4.68. The predicted molar refractivity (Wildman–Crippen MR) is 78.3 cm³/mol. The number of benzene rings is 1. The van der Waals surface area contributed by atoms with Gasteiger partial charge in [0.05, 0.1) is 19.4 Å². The third-order valence-electron chi connectivity index (χ3n) is 3.51.